The van der Waals surface area contributed by atoms with Crippen molar-refractivity contribution in [3.63, 3.8) is 0 Å². The number of hydrogen-bond acceptors (Lipinski definition) is 10. The molecular formula is C31H23F2N6O9S+. The van der Waals surface area contributed by atoms with Crippen LogP contribution < -0.4 is 14.9 Å². The first-order chi connectivity index (χ1) is 23.2. The molecule has 3 N–H and O–H groups in total. The Kier molecular flexibility index (Phi) is 8.33. The molecule has 0 aliphatic carbocycles. The summed E-state index contributed by atoms with van der Waals surface area (Å²) in [6, 6.07) is 4.68. The maximum atomic E-state index is 15.0. The quantitative estimate of drug-likeness (QED) is 0.220. The molecule has 0 radical (unpaired) electrons. The number of carboxylic acids is 1. The Balaban J connectivity index is 1.15. The predicted octanol–water partition coefficient (Wildman–Crippen LogP) is 2.02. The largest absolute Gasteiger partial charge is 0.506 e. The van der Waals surface area contributed by atoms with Crippen molar-refractivity contribution in [2.45, 2.75) is 24.0 Å². The summed E-state index contributed by atoms with van der Waals surface area (Å²) >= 11 is 0. The average molecular weight is 694 g/mol. The zero-order chi connectivity index (χ0) is 35.2. The van der Waals surface area contributed by atoms with Crippen LogP contribution in [0.1, 0.15) is 32.0 Å². The highest BCUT2D eigenvalue weighted by Crippen LogP contribution is 2.27. The minimum Gasteiger partial charge on any atom is -0.480 e. The number of aromatic nitrogens is 1. The number of aliphatic carboxylic acids is 1. The number of carbonyl (C=O) groups is 5. The number of esters is 1. The molecule has 0 saturated heterocycles. The Bertz CT molecular complexity index is 2190. The highest BCUT2D eigenvalue weighted by molar-refractivity contribution is 7.92. The Morgan fingerprint density at radius 2 is 1.90 bits per heavy atom. The normalized spacial score (nSPS) is 17.4. The van der Waals surface area contributed by atoms with Crippen LogP contribution >= 0.6 is 0 Å². The molecule has 49 heavy (non-hydrogen) atoms. The number of carboxylic acid groups (broad SMARTS) is 1. The van der Waals surface area contributed by atoms with Gasteiger partial charge in [-0.3, -0.25) is 19.5 Å². The van der Waals surface area contributed by atoms with E-state index in [1.54, 1.807) is 0 Å². The number of urea groups is 1. The molecule has 2 atom stereocenters. The number of aliphatic imine (C=N–C) groups is 1. The van der Waals surface area contributed by atoms with Gasteiger partial charge in [0.05, 0.1) is 41.2 Å². The first-order valence-electron chi connectivity index (χ1n) is 14.2. The van der Waals surface area contributed by atoms with Gasteiger partial charge < -0.3 is 15.2 Å². The van der Waals surface area contributed by atoms with Crippen molar-refractivity contribution in [1.82, 2.24) is 10.3 Å². The Morgan fingerprint density at radius 3 is 2.61 bits per heavy atom. The van der Waals surface area contributed by atoms with E-state index < -0.39 is 86.0 Å². The van der Waals surface area contributed by atoms with Crippen LogP contribution in [0.15, 0.2) is 70.8 Å². The number of pyridine rings is 1. The number of hydrogen-bond donors (Lipinski definition) is 3. The summed E-state index contributed by atoms with van der Waals surface area (Å²) in [6.45, 7) is -0.0349. The van der Waals surface area contributed by atoms with Gasteiger partial charge in [0.15, 0.2) is 5.69 Å². The lowest BCUT2D eigenvalue weighted by molar-refractivity contribution is -0.392. The second-order valence-electron chi connectivity index (χ2n) is 10.9. The molecule has 1 unspecified atom stereocenters. The van der Waals surface area contributed by atoms with Gasteiger partial charge in [0.25, 0.3) is 15.9 Å². The predicted molar refractivity (Wildman–Crippen MR) is 165 cm³/mol. The zero-order valence-electron chi connectivity index (χ0n) is 25.1. The molecule has 3 aromatic rings. The average Bonchev–Trinajstić information content (AvgIpc) is 3.45. The standard InChI is InChI=1S/C31H22F2N6O9S/c1-38-26-13-34-7-6-19(26)28(41)39(31(38)45)17-4-3-16(35-12-17)8-25(29(42)43)36-27(40)21-10-23(33)24(11-22(21)32)37-49(46,47)18-5-2-15-14-48-30(44)20(15)9-18/h2-7,9-13,19,25H,8,14H2,1H3,(H2-,36,37,40,42,43)/p+1/t19?,25-/m0/s1. The van der Waals surface area contributed by atoms with Crippen LogP contribution in [-0.4, -0.2) is 77.9 Å². The topological polar surface area (TPSA) is 205 Å². The maximum absolute atomic E-state index is 15.0. The van der Waals surface area contributed by atoms with E-state index in [9.17, 15) is 41.9 Å². The van der Waals surface area contributed by atoms with E-state index in [4.69, 9.17) is 4.74 Å². The van der Waals surface area contributed by atoms with Gasteiger partial charge in [-0.05, 0) is 36.4 Å². The highest BCUT2D eigenvalue weighted by atomic mass is 32.2. The van der Waals surface area contributed by atoms with Gasteiger partial charge in [0.1, 0.15) is 35.9 Å². The number of halogens is 2. The monoisotopic (exact) mass is 693 g/mol. The molecule has 0 spiro atoms. The molecule has 1 aromatic heterocycles. The Morgan fingerprint density at radius 1 is 1.12 bits per heavy atom. The molecule has 2 aromatic carbocycles. The fourth-order valence-electron chi connectivity index (χ4n) is 5.25. The lowest BCUT2D eigenvalue weighted by atomic mass is 9.98. The van der Waals surface area contributed by atoms with Crippen LogP contribution in [0, 0.1) is 17.6 Å². The summed E-state index contributed by atoms with van der Waals surface area (Å²) in [5, 5.41) is 11.8. The number of amides is 4. The van der Waals surface area contributed by atoms with E-state index in [1.165, 1.54) is 54.5 Å². The van der Waals surface area contributed by atoms with Crippen molar-refractivity contribution in [1.29, 1.82) is 0 Å². The molecule has 3 aliphatic heterocycles. The Hall–Kier alpha value is -6.17. The van der Waals surface area contributed by atoms with Gasteiger partial charge in [0, 0.05) is 29.9 Å². The number of nitrogens with zero attached hydrogens (tertiary/aromatic N) is 4. The number of cyclic esters (lactones) is 1. The summed E-state index contributed by atoms with van der Waals surface area (Å²) in [4.78, 5) is 71.2. The third kappa shape index (κ3) is 6.16. The number of nitrogens with one attached hydrogen (secondary N) is 2. The van der Waals surface area contributed by atoms with Crippen LogP contribution in [0.5, 0.6) is 0 Å². The molecule has 18 heteroatoms. The molecule has 0 bridgehead atoms. The van der Waals surface area contributed by atoms with E-state index in [2.05, 4.69) is 15.3 Å². The lowest BCUT2D eigenvalue weighted by Gasteiger charge is -2.24. The number of benzene rings is 2. The van der Waals surface area contributed by atoms with E-state index in [0.717, 1.165) is 17.0 Å². The minimum atomic E-state index is -4.52. The zero-order valence-corrected chi connectivity index (χ0v) is 25.9. The summed E-state index contributed by atoms with van der Waals surface area (Å²) in [6.07, 6.45) is 5.12. The molecule has 6 rings (SSSR count). The summed E-state index contributed by atoms with van der Waals surface area (Å²) < 4.78 is 63.7. The van der Waals surface area contributed by atoms with Gasteiger partial charge in [-0.2, -0.15) is 9.37 Å². The van der Waals surface area contributed by atoms with Crippen molar-refractivity contribution in [2.24, 2.45) is 10.9 Å². The summed E-state index contributed by atoms with van der Waals surface area (Å²) in [7, 11) is -3.04. The Labute approximate surface area is 275 Å². The highest BCUT2D eigenvalue weighted by Gasteiger charge is 2.47. The van der Waals surface area contributed by atoms with Gasteiger partial charge in [0.2, 0.25) is 0 Å². The van der Waals surface area contributed by atoms with Gasteiger partial charge >= 0.3 is 23.9 Å². The summed E-state index contributed by atoms with van der Waals surface area (Å²) in [5.41, 5.74) is -0.707. The van der Waals surface area contributed by atoms with E-state index in [1.807, 2.05) is 4.72 Å². The molecule has 15 nitrogen and oxygen atoms in total. The van der Waals surface area contributed by atoms with Crippen LogP contribution in [0.2, 0.25) is 0 Å². The van der Waals surface area contributed by atoms with Gasteiger partial charge in [-0.15, -0.1) is 4.90 Å². The first kappa shape index (κ1) is 32.8. The smallest absolute Gasteiger partial charge is 0.480 e. The third-order valence-corrected chi connectivity index (χ3v) is 9.21. The number of ether oxygens (including phenoxy) is 1. The van der Waals surface area contributed by atoms with E-state index in [-0.39, 0.29) is 23.6 Å². The molecule has 0 saturated carbocycles. The SMILES string of the molecule is C[N+]1=C2C=NC=CC2C(=O)N(c2ccc(C[C@H](NC(=O)c3cc(F)c(NS(=O)(=O)c4ccc5c(c4)C(=O)OC5)cc3F)C(=O)O)nc2)C1=O. The van der Waals surface area contributed by atoms with Crippen LogP contribution in [0.3, 0.4) is 0 Å². The molecular weight excluding hydrogens is 670 g/mol. The van der Waals surface area contributed by atoms with Crippen molar-refractivity contribution in [3.8, 4) is 0 Å². The molecule has 3 aliphatic rings. The number of fused-ring (bicyclic) bond motifs is 2. The molecule has 250 valence electrons. The number of anilines is 2. The lowest BCUT2D eigenvalue weighted by Crippen LogP contribution is -2.54. The number of carbonyl (C=O) groups excluding carboxylic acids is 4. The molecule has 4 amide bonds. The first-order valence-corrected chi connectivity index (χ1v) is 15.7. The second-order valence-corrected chi connectivity index (χ2v) is 12.6. The van der Waals surface area contributed by atoms with Crippen LogP contribution in [0.25, 0.3) is 0 Å². The number of rotatable bonds is 9. The van der Waals surface area contributed by atoms with Crippen LogP contribution in [-0.2, 0) is 37.4 Å². The van der Waals surface area contributed by atoms with Crippen molar-refractivity contribution < 1.29 is 55.6 Å². The van der Waals surface area contributed by atoms with E-state index >= 15 is 4.39 Å². The van der Waals surface area contributed by atoms with E-state index in [0.29, 0.717) is 23.4 Å². The third-order valence-electron chi connectivity index (χ3n) is 7.84. The number of sulfonamides is 1. The fourth-order valence-corrected chi connectivity index (χ4v) is 6.33. The maximum Gasteiger partial charge on any atom is 0.506 e. The number of imide groups is 1. The summed E-state index contributed by atoms with van der Waals surface area (Å²) in [5.74, 6) is -7.63. The van der Waals surface area contributed by atoms with Crippen molar-refractivity contribution >= 4 is 63.1 Å². The fraction of sp³-hybridized carbons (Fsp3) is 0.161. The van der Waals surface area contributed by atoms with Crippen molar-refractivity contribution in [2.75, 3.05) is 16.7 Å². The molecule has 4 heterocycles. The minimum absolute atomic E-state index is 0.00530. The van der Waals surface area contributed by atoms with Crippen molar-refractivity contribution in [3.05, 3.63) is 95.0 Å². The molecule has 0 fully saturated rings. The second kappa shape index (κ2) is 12.5. The van der Waals surface area contributed by atoms with Gasteiger partial charge in [-0.25, -0.2) is 31.6 Å². The van der Waals surface area contributed by atoms with Crippen LogP contribution in [0.4, 0.5) is 25.0 Å². The van der Waals surface area contributed by atoms with Gasteiger partial charge in [-0.1, -0.05) is 6.07 Å².